The van der Waals surface area contributed by atoms with Crippen molar-refractivity contribution >= 4 is 0 Å². The number of hydrogen-bond acceptors (Lipinski definition) is 6. The van der Waals surface area contributed by atoms with Crippen LogP contribution in [0.15, 0.2) is 18.2 Å². The number of ether oxygens (including phenoxy) is 3. The van der Waals surface area contributed by atoms with Gasteiger partial charge in [-0.25, -0.2) is 0 Å². The van der Waals surface area contributed by atoms with Gasteiger partial charge < -0.3 is 14.2 Å². The molecule has 2 aliphatic heterocycles. The first-order valence-corrected chi connectivity index (χ1v) is 7.82. The van der Waals surface area contributed by atoms with Crippen molar-refractivity contribution in [1.82, 2.24) is 4.90 Å². The summed E-state index contributed by atoms with van der Waals surface area (Å²) in [5.74, 6) is 0.281. The summed E-state index contributed by atoms with van der Waals surface area (Å²) >= 11 is 0. The van der Waals surface area contributed by atoms with E-state index < -0.39 is 0 Å². The van der Waals surface area contributed by atoms with Crippen LogP contribution >= 0.6 is 0 Å². The number of nitriles is 2. The molecule has 0 unspecified atom stereocenters. The molecule has 1 spiro atoms. The fraction of sp³-hybridized carbons (Fsp3) is 0.529. The standard InChI is InChI=1S/C17H19N3O3/c18-12-14-1-2-16(11-15(14)13-19)21-8-7-20-5-3-17(4-6-20)22-9-10-23-17/h1-2,11H,3-10H2. The first-order valence-electron chi connectivity index (χ1n) is 7.82. The SMILES string of the molecule is N#Cc1ccc(OCCN2CCC3(CC2)OCCO3)cc1C#N. The molecule has 0 bridgehead atoms. The number of hydrogen-bond donors (Lipinski definition) is 0. The quantitative estimate of drug-likeness (QED) is 0.841. The van der Waals surface area contributed by atoms with Gasteiger partial charge in [-0.1, -0.05) is 0 Å². The molecule has 0 aromatic heterocycles. The van der Waals surface area contributed by atoms with E-state index in [4.69, 9.17) is 24.7 Å². The van der Waals surface area contributed by atoms with Gasteiger partial charge in [0.25, 0.3) is 0 Å². The zero-order chi connectivity index (χ0) is 16.1. The molecule has 0 atom stereocenters. The summed E-state index contributed by atoms with van der Waals surface area (Å²) in [5, 5.41) is 17.9. The molecule has 6 heteroatoms. The summed E-state index contributed by atoms with van der Waals surface area (Å²) in [7, 11) is 0. The van der Waals surface area contributed by atoms with Crippen LogP contribution in [0, 0.1) is 22.7 Å². The van der Waals surface area contributed by atoms with Gasteiger partial charge in [0.1, 0.15) is 24.5 Å². The van der Waals surface area contributed by atoms with Crippen molar-refractivity contribution in [3.8, 4) is 17.9 Å². The van der Waals surface area contributed by atoms with Crippen molar-refractivity contribution in [2.24, 2.45) is 0 Å². The van der Waals surface area contributed by atoms with E-state index in [1.54, 1.807) is 18.2 Å². The summed E-state index contributed by atoms with van der Waals surface area (Å²) in [5.41, 5.74) is 0.721. The maximum absolute atomic E-state index is 9.02. The zero-order valence-corrected chi connectivity index (χ0v) is 13.0. The van der Waals surface area contributed by atoms with Crippen molar-refractivity contribution in [3.63, 3.8) is 0 Å². The highest BCUT2D eigenvalue weighted by Gasteiger charge is 2.39. The summed E-state index contributed by atoms with van der Waals surface area (Å²) in [6, 6.07) is 8.97. The number of rotatable bonds is 4. The predicted molar refractivity (Wildman–Crippen MR) is 81.7 cm³/mol. The second-order valence-electron chi connectivity index (χ2n) is 5.73. The summed E-state index contributed by atoms with van der Waals surface area (Å²) < 4.78 is 17.1. The van der Waals surface area contributed by atoms with E-state index in [1.165, 1.54) is 0 Å². The molecule has 1 aromatic carbocycles. The number of benzene rings is 1. The van der Waals surface area contributed by atoms with E-state index in [0.29, 0.717) is 36.7 Å². The molecule has 23 heavy (non-hydrogen) atoms. The smallest absolute Gasteiger partial charge is 0.170 e. The Balaban J connectivity index is 1.45. The largest absolute Gasteiger partial charge is 0.492 e. The fourth-order valence-electron chi connectivity index (χ4n) is 3.00. The van der Waals surface area contributed by atoms with Crippen LogP contribution < -0.4 is 4.74 Å². The van der Waals surface area contributed by atoms with Crippen LogP contribution in [0.2, 0.25) is 0 Å². The van der Waals surface area contributed by atoms with Gasteiger partial charge in [0.2, 0.25) is 0 Å². The Labute approximate surface area is 135 Å². The number of nitrogens with zero attached hydrogens (tertiary/aromatic N) is 3. The van der Waals surface area contributed by atoms with Gasteiger partial charge >= 0.3 is 0 Å². The lowest BCUT2D eigenvalue weighted by molar-refractivity contribution is -0.185. The Kier molecular flexibility index (Phi) is 4.78. The third-order valence-corrected chi connectivity index (χ3v) is 4.34. The summed E-state index contributed by atoms with van der Waals surface area (Å²) in [6.45, 7) is 4.62. The first kappa shape index (κ1) is 15.8. The van der Waals surface area contributed by atoms with E-state index in [1.807, 2.05) is 12.1 Å². The Bertz CT molecular complexity index is 631. The lowest BCUT2D eigenvalue weighted by atomic mass is 10.0. The van der Waals surface area contributed by atoms with Crippen LogP contribution in [-0.2, 0) is 9.47 Å². The lowest BCUT2D eigenvalue weighted by Crippen LogP contribution is -2.46. The zero-order valence-electron chi connectivity index (χ0n) is 13.0. The molecule has 1 aromatic rings. The summed E-state index contributed by atoms with van der Waals surface area (Å²) in [4.78, 5) is 2.32. The van der Waals surface area contributed by atoms with Crippen LogP contribution in [0.4, 0.5) is 0 Å². The fourth-order valence-corrected chi connectivity index (χ4v) is 3.00. The molecule has 0 radical (unpaired) electrons. The maximum atomic E-state index is 9.02. The van der Waals surface area contributed by atoms with Crippen molar-refractivity contribution < 1.29 is 14.2 Å². The molecular weight excluding hydrogens is 294 g/mol. The van der Waals surface area contributed by atoms with Crippen LogP contribution in [0.5, 0.6) is 5.75 Å². The minimum absolute atomic E-state index is 0.341. The Hall–Kier alpha value is -2.12. The lowest BCUT2D eigenvalue weighted by Gasteiger charge is -2.37. The van der Waals surface area contributed by atoms with E-state index in [0.717, 1.165) is 32.5 Å². The molecule has 2 heterocycles. The number of piperidine rings is 1. The Morgan fingerprint density at radius 3 is 2.43 bits per heavy atom. The highest BCUT2D eigenvalue weighted by Crippen LogP contribution is 2.31. The molecule has 0 amide bonds. The average molecular weight is 313 g/mol. The number of likely N-dealkylation sites (tertiary alicyclic amines) is 1. The molecule has 6 nitrogen and oxygen atoms in total. The van der Waals surface area contributed by atoms with Gasteiger partial charge in [0.05, 0.1) is 24.3 Å². The van der Waals surface area contributed by atoms with Gasteiger partial charge in [-0.15, -0.1) is 0 Å². The topological polar surface area (TPSA) is 78.5 Å². The third kappa shape index (κ3) is 3.62. The highest BCUT2D eigenvalue weighted by atomic mass is 16.7. The second kappa shape index (κ2) is 6.97. The van der Waals surface area contributed by atoms with Crippen molar-refractivity contribution in [2.45, 2.75) is 18.6 Å². The molecule has 2 aliphatic rings. The van der Waals surface area contributed by atoms with Gasteiger partial charge in [-0.2, -0.15) is 10.5 Å². The monoisotopic (exact) mass is 313 g/mol. The minimum atomic E-state index is -0.341. The third-order valence-electron chi connectivity index (χ3n) is 4.34. The van der Waals surface area contributed by atoms with E-state index in [9.17, 15) is 0 Å². The highest BCUT2D eigenvalue weighted by molar-refractivity contribution is 5.49. The molecule has 3 rings (SSSR count). The Morgan fingerprint density at radius 2 is 1.78 bits per heavy atom. The van der Waals surface area contributed by atoms with Crippen LogP contribution in [0.1, 0.15) is 24.0 Å². The summed E-state index contributed by atoms with van der Waals surface area (Å²) in [6.07, 6.45) is 1.78. The molecular formula is C17H19N3O3. The normalized spacial score (nSPS) is 20.1. The van der Waals surface area contributed by atoms with Gasteiger partial charge in [-0.3, -0.25) is 4.90 Å². The molecule has 0 N–H and O–H groups in total. The molecule has 120 valence electrons. The predicted octanol–water partition coefficient (Wildman–Crippen LogP) is 1.65. The van der Waals surface area contributed by atoms with E-state index >= 15 is 0 Å². The van der Waals surface area contributed by atoms with Crippen LogP contribution in [0.3, 0.4) is 0 Å². The van der Waals surface area contributed by atoms with Gasteiger partial charge in [0.15, 0.2) is 5.79 Å². The molecule has 2 fully saturated rings. The first-order chi connectivity index (χ1) is 11.2. The Morgan fingerprint density at radius 1 is 1.09 bits per heavy atom. The minimum Gasteiger partial charge on any atom is -0.492 e. The van der Waals surface area contributed by atoms with E-state index in [-0.39, 0.29) is 5.79 Å². The van der Waals surface area contributed by atoms with Crippen LogP contribution in [0.25, 0.3) is 0 Å². The van der Waals surface area contributed by atoms with Crippen molar-refractivity contribution in [3.05, 3.63) is 29.3 Å². The maximum Gasteiger partial charge on any atom is 0.170 e. The van der Waals surface area contributed by atoms with Crippen molar-refractivity contribution in [2.75, 3.05) is 39.5 Å². The molecule has 0 saturated carbocycles. The van der Waals surface area contributed by atoms with Gasteiger partial charge in [-0.05, 0) is 18.2 Å². The van der Waals surface area contributed by atoms with Crippen LogP contribution in [-0.4, -0.2) is 50.1 Å². The molecule has 0 aliphatic carbocycles. The van der Waals surface area contributed by atoms with E-state index in [2.05, 4.69) is 4.90 Å². The average Bonchev–Trinajstić information content (AvgIpc) is 3.05. The van der Waals surface area contributed by atoms with Gasteiger partial charge in [0, 0.05) is 32.5 Å². The van der Waals surface area contributed by atoms with Crippen molar-refractivity contribution in [1.29, 1.82) is 10.5 Å². The second-order valence-corrected chi connectivity index (χ2v) is 5.73. The molecule has 2 saturated heterocycles.